The van der Waals surface area contributed by atoms with Crippen molar-refractivity contribution in [3.63, 3.8) is 0 Å². The molecule has 1 aromatic carbocycles. The van der Waals surface area contributed by atoms with Crippen LogP contribution in [0.4, 0.5) is 4.39 Å². The van der Waals surface area contributed by atoms with Gasteiger partial charge in [0.15, 0.2) is 0 Å². The Hall–Kier alpha value is -1.72. The summed E-state index contributed by atoms with van der Waals surface area (Å²) in [6.45, 7) is 1.71. The van der Waals surface area contributed by atoms with Crippen LogP contribution in [-0.4, -0.2) is 28.0 Å². The van der Waals surface area contributed by atoms with Crippen LogP contribution in [0.25, 0.3) is 0 Å². The van der Waals surface area contributed by atoms with E-state index in [0.717, 1.165) is 6.54 Å². The minimum atomic E-state index is -0.830. The Morgan fingerprint density at radius 3 is 2.89 bits per heavy atom. The molecule has 1 aromatic heterocycles. The monoisotopic (exact) mass is 249 g/mol. The summed E-state index contributed by atoms with van der Waals surface area (Å²) >= 11 is 0. The molecule has 2 rings (SSSR count). The first-order chi connectivity index (χ1) is 8.77. The average Bonchev–Trinajstić information content (AvgIpc) is 2.88. The summed E-state index contributed by atoms with van der Waals surface area (Å²) < 4.78 is 15.2. The first-order valence-electron chi connectivity index (χ1n) is 5.88. The molecule has 0 saturated carbocycles. The Morgan fingerprint density at radius 2 is 2.17 bits per heavy atom. The van der Waals surface area contributed by atoms with Crippen molar-refractivity contribution in [2.75, 3.05) is 13.1 Å². The van der Waals surface area contributed by atoms with Gasteiger partial charge in [0, 0.05) is 31.0 Å². The van der Waals surface area contributed by atoms with E-state index in [0.29, 0.717) is 18.7 Å². The molecule has 96 valence electrons. The molecule has 0 aliphatic heterocycles. The number of nitrogens with zero attached hydrogens (tertiary/aromatic N) is 2. The lowest BCUT2D eigenvalue weighted by Gasteiger charge is -2.12. The molecule has 0 spiro atoms. The molecule has 0 fully saturated rings. The van der Waals surface area contributed by atoms with Crippen molar-refractivity contribution in [3.8, 4) is 0 Å². The maximum Gasteiger partial charge on any atom is 0.129 e. The van der Waals surface area contributed by atoms with Gasteiger partial charge in [0.2, 0.25) is 0 Å². The van der Waals surface area contributed by atoms with Gasteiger partial charge in [-0.05, 0) is 12.1 Å². The molecule has 0 bridgehead atoms. The summed E-state index contributed by atoms with van der Waals surface area (Å²) in [5, 5.41) is 17.0. The predicted molar refractivity (Wildman–Crippen MR) is 66.5 cm³/mol. The van der Waals surface area contributed by atoms with E-state index in [1.807, 2.05) is 12.3 Å². The van der Waals surface area contributed by atoms with Crippen molar-refractivity contribution >= 4 is 0 Å². The van der Waals surface area contributed by atoms with E-state index in [1.165, 1.54) is 6.07 Å². The number of rotatable bonds is 6. The predicted octanol–water partition coefficient (Wildman–Crippen LogP) is 1.35. The second kappa shape index (κ2) is 6.28. The van der Waals surface area contributed by atoms with E-state index in [9.17, 15) is 9.50 Å². The molecule has 0 radical (unpaired) electrons. The van der Waals surface area contributed by atoms with Crippen molar-refractivity contribution in [2.45, 2.75) is 12.6 Å². The van der Waals surface area contributed by atoms with Gasteiger partial charge in [0.05, 0.1) is 12.6 Å². The molecule has 0 aliphatic carbocycles. The zero-order chi connectivity index (χ0) is 12.8. The van der Waals surface area contributed by atoms with Crippen LogP contribution in [0.1, 0.15) is 11.7 Å². The number of benzene rings is 1. The lowest BCUT2D eigenvalue weighted by atomic mass is 10.1. The van der Waals surface area contributed by atoms with E-state index >= 15 is 0 Å². The van der Waals surface area contributed by atoms with Crippen molar-refractivity contribution in [1.29, 1.82) is 0 Å². The Bertz CT molecular complexity index is 473. The zero-order valence-electron chi connectivity index (χ0n) is 9.96. The summed E-state index contributed by atoms with van der Waals surface area (Å²) in [6, 6.07) is 8.12. The molecule has 2 aromatic rings. The van der Waals surface area contributed by atoms with E-state index in [-0.39, 0.29) is 5.82 Å². The first-order valence-corrected chi connectivity index (χ1v) is 5.88. The topological polar surface area (TPSA) is 50.1 Å². The number of hydrogen-bond acceptors (Lipinski definition) is 3. The fourth-order valence-corrected chi connectivity index (χ4v) is 1.72. The Kier molecular flexibility index (Phi) is 4.44. The van der Waals surface area contributed by atoms with Crippen LogP contribution in [0.5, 0.6) is 0 Å². The summed E-state index contributed by atoms with van der Waals surface area (Å²) in [5.74, 6) is -0.376. The van der Waals surface area contributed by atoms with E-state index in [2.05, 4.69) is 10.4 Å². The SMILES string of the molecule is OC(CNCCn1cccn1)c1ccccc1F. The standard InChI is InChI=1S/C13H16FN3O/c14-12-5-2-1-4-11(12)13(18)10-15-7-9-17-8-3-6-16-17/h1-6,8,13,15,18H,7,9-10H2. The molecular formula is C13H16FN3O. The number of aliphatic hydroxyl groups is 1. The third-order valence-electron chi connectivity index (χ3n) is 2.68. The van der Waals surface area contributed by atoms with Gasteiger partial charge < -0.3 is 10.4 Å². The highest BCUT2D eigenvalue weighted by Gasteiger charge is 2.10. The van der Waals surface area contributed by atoms with Crippen LogP contribution in [0, 0.1) is 5.82 Å². The number of aromatic nitrogens is 2. The largest absolute Gasteiger partial charge is 0.387 e. The van der Waals surface area contributed by atoms with Crippen LogP contribution < -0.4 is 5.32 Å². The third-order valence-corrected chi connectivity index (χ3v) is 2.68. The van der Waals surface area contributed by atoms with E-state index in [4.69, 9.17) is 0 Å². The van der Waals surface area contributed by atoms with Crippen LogP contribution in [0.15, 0.2) is 42.7 Å². The average molecular weight is 249 g/mol. The summed E-state index contributed by atoms with van der Waals surface area (Å²) in [5.41, 5.74) is 0.323. The van der Waals surface area contributed by atoms with Gasteiger partial charge in [0.25, 0.3) is 0 Å². The molecular weight excluding hydrogens is 233 g/mol. The third kappa shape index (κ3) is 3.38. The summed E-state index contributed by atoms with van der Waals surface area (Å²) in [4.78, 5) is 0. The van der Waals surface area contributed by atoms with Crippen molar-refractivity contribution < 1.29 is 9.50 Å². The molecule has 18 heavy (non-hydrogen) atoms. The number of halogens is 1. The van der Waals surface area contributed by atoms with Crippen LogP contribution >= 0.6 is 0 Å². The number of aliphatic hydroxyl groups excluding tert-OH is 1. The highest BCUT2D eigenvalue weighted by Crippen LogP contribution is 2.15. The van der Waals surface area contributed by atoms with E-state index < -0.39 is 6.10 Å². The van der Waals surface area contributed by atoms with Gasteiger partial charge in [-0.25, -0.2) is 4.39 Å². The van der Waals surface area contributed by atoms with Crippen LogP contribution in [0.3, 0.4) is 0 Å². The molecule has 2 N–H and O–H groups in total. The van der Waals surface area contributed by atoms with Gasteiger partial charge in [0.1, 0.15) is 5.82 Å². The molecule has 1 atom stereocenters. The minimum absolute atomic E-state index is 0.322. The highest BCUT2D eigenvalue weighted by atomic mass is 19.1. The lowest BCUT2D eigenvalue weighted by molar-refractivity contribution is 0.169. The second-order valence-corrected chi connectivity index (χ2v) is 4.01. The van der Waals surface area contributed by atoms with Crippen LogP contribution in [-0.2, 0) is 6.54 Å². The summed E-state index contributed by atoms with van der Waals surface area (Å²) in [7, 11) is 0. The maximum absolute atomic E-state index is 13.4. The van der Waals surface area contributed by atoms with Crippen molar-refractivity contribution in [1.82, 2.24) is 15.1 Å². The van der Waals surface area contributed by atoms with Gasteiger partial charge in [-0.1, -0.05) is 18.2 Å². The second-order valence-electron chi connectivity index (χ2n) is 4.01. The van der Waals surface area contributed by atoms with Crippen LogP contribution in [0.2, 0.25) is 0 Å². The lowest BCUT2D eigenvalue weighted by Crippen LogP contribution is -2.25. The fraction of sp³-hybridized carbons (Fsp3) is 0.308. The smallest absolute Gasteiger partial charge is 0.129 e. The molecule has 5 heteroatoms. The highest BCUT2D eigenvalue weighted by molar-refractivity contribution is 5.19. The first kappa shape index (κ1) is 12.7. The normalized spacial score (nSPS) is 12.6. The Balaban J connectivity index is 1.75. The zero-order valence-corrected chi connectivity index (χ0v) is 9.96. The van der Waals surface area contributed by atoms with Crippen molar-refractivity contribution in [2.24, 2.45) is 0 Å². The molecule has 0 aliphatic rings. The molecule has 0 amide bonds. The van der Waals surface area contributed by atoms with E-state index in [1.54, 1.807) is 29.1 Å². The molecule has 0 saturated heterocycles. The molecule has 4 nitrogen and oxygen atoms in total. The summed E-state index contributed by atoms with van der Waals surface area (Å²) in [6.07, 6.45) is 2.76. The van der Waals surface area contributed by atoms with Gasteiger partial charge >= 0.3 is 0 Å². The fourth-order valence-electron chi connectivity index (χ4n) is 1.72. The Morgan fingerprint density at radius 1 is 1.33 bits per heavy atom. The van der Waals surface area contributed by atoms with Gasteiger partial charge in [-0.3, -0.25) is 4.68 Å². The minimum Gasteiger partial charge on any atom is -0.387 e. The maximum atomic E-state index is 13.4. The van der Waals surface area contributed by atoms with Gasteiger partial charge in [-0.2, -0.15) is 5.10 Å². The Labute approximate surface area is 105 Å². The van der Waals surface area contributed by atoms with Crippen molar-refractivity contribution in [3.05, 3.63) is 54.1 Å². The molecule has 1 unspecified atom stereocenters. The quantitative estimate of drug-likeness (QED) is 0.760. The molecule has 1 heterocycles. The van der Waals surface area contributed by atoms with Gasteiger partial charge in [-0.15, -0.1) is 0 Å². The number of nitrogens with one attached hydrogen (secondary N) is 1. The number of hydrogen-bond donors (Lipinski definition) is 2.